The molecule has 0 radical (unpaired) electrons. The molecule has 21 heavy (non-hydrogen) atoms. The van der Waals surface area contributed by atoms with E-state index in [0.717, 1.165) is 10.9 Å². The SMILES string of the molecule is Cc1ccc(CC(Cc2cc(Br)ccc2F)NN)cc1C. The third kappa shape index (κ3) is 4.37. The van der Waals surface area contributed by atoms with Gasteiger partial charge in [0.15, 0.2) is 0 Å². The van der Waals surface area contributed by atoms with Crippen molar-refractivity contribution in [2.45, 2.75) is 32.7 Å². The fourth-order valence-corrected chi connectivity index (χ4v) is 2.78. The molecule has 0 aliphatic heterocycles. The number of halogens is 2. The topological polar surface area (TPSA) is 38.0 Å². The molecule has 0 heterocycles. The predicted octanol–water partition coefficient (Wildman–Crippen LogP) is 3.82. The van der Waals surface area contributed by atoms with Crippen LogP contribution in [0.5, 0.6) is 0 Å². The molecule has 2 aromatic rings. The highest BCUT2D eigenvalue weighted by atomic mass is 79.9. The summed E-state index contributed by atoms with van der Waals surface area (Å²) in [5.74, 6) is 5.44. The average molecular weight is 351 g/mol. The van der Waals surface area contributed by atoms with Gasteiger partial charge in [0.05, 0.1) is 0 Å². The van der Waals surface area contributed by atoms with Crippen LogP contribution < -0.4 is 11.3 Å². The lowest BCUT2D eigenvalue weighted by molar-refractivity contribution is 0.506. The molecule has 4 heteroatoms. The Morgan fingerprint density at radius 3 is 2.52 bits per heavy atom. The quantitative estimate of drug-likeness (QED) is 0.635. The molecule has 0 bridgehead atoms. The van der Waals surface area contributed by atoms with Gasteiger partial charge in [-0.15, -0.1) is 0 Å². The van der Waals surface area contributed by atoms with Gasteiger partial charge in [-0.3, -0.25) is 11.3 Å². The Kier molecular flexibility index (Phi) is 5.51. The van der Waals surface area contributed by atoms with Gasteiger partial charge >= 0.3 is 0 Å². The lowest BCUT2D eigenvalue weighted by Gasteiger charge is -2.17. The minimum Gasteiger partial charge on any atom is -0.271 e. The fourth-order valence-electron chi connectivity index (χ4n) is 2.37. The van der Waals surface area contributed by atoms with Crippen LogP contribution in [-0.4, -0.2) is 6.04 Å². The zero-order valence-corrected chi connectivity index (χ0v) is 13.9. The third-order valence-corrected chi connectivity index (χ3v) is 4.26. The number of aryl methyl sites for hydroxylation is 2. The molecule has 0 saturated heterocycles. The summed E-state index contributed by atoms with van der Waals surface area (Å²) in [6.45, 7) is 4.19. The van der Waals surface area contributed by atoms with Crippen LogP contribution in [0, 0.1) is 19.7 Å². The third-order valence-electron chi connectivity index (χ3n) is 3.76. The number of hydrogen-bond donors (Lipinski definition) is 2. The van der Waals surface area contributed by atoms with Crippen LogP contribution in [0.2, 0.25) is 0 Å². The van der Waals surface area contributed by atoms with Gasteiger partial charge in [-0.1, -0.05) is 34.1 Å². The van der Waals surface area contributed by atoms with Gasteiger partial charge in [0, 0.05) is 10.5 Å². The number of hydrazine groups is 1. The first kappa shape index (κ1) is 16.1. The van der Waals surface area contributed by atoms with Gasteiger partial charge in [0.1, 0.15) is 5.82 Å². The van der Waals surface area contributed by atoms with E-state index in [4.69, 9.17) is 5.84 Å². The van der Waals surface area contributed by atoms with Crippen LogP contribution in [0.4, 0.5) is 4.39 Å². The van der Waals surface area contributed by atoms with Crippen molar-refractivity contribution >= 4 is 15.9 Å². The molecule has 0 fully saturated rings. The largest absolute Gasteiger partial charge is 0.271 e. The van der Waals surface area contributed by atoms with E-state index in [-0.39, 0.29) is 11.9 Å². The Balaban J connectivity index is 2.12. The molecule has 0 aliphatic rings. The van der Waals surface area contributed by atoms with Crippen molar-refractivity contribution in [3.63, 3.8) is 0 Å². The van der Waals surface area contributed by atoms with Crippen LogP contribution in [0.15, 0.2) is 40.9 Å². The van der Waals surface area contributed by atoms with Crippen molar-refractivity contribution in [3.05, 3.63) is 68.9 Å². The van der Waals surface area contributed by atoms with E-state index in [9.17, 15) is 4.39 Å². The maximum atomic E-state index is 13.8. The van der Waals surface area contributed by atoms with Gasteiger partial charge in [-0.25, -0.2) is 4.39 Å². The summed E-state index contributed by atoms with van der Waals surface area (Å²) in [5.41, 5.74) is 7.20. The van der Waals surface area contributed by atoms with E-state index in [0.29, 0.717) is 12.0 Å². The van der Waals surface area contributed by atoms with Crippen molar-refractivity contribution in [1.82, 2.24) is 5.43 Å². The lowest BCUT2D eigenvalue weighted by Crippen LogP contribution is -2.38. The van der Waals surface area contributed by atoms with E-state index < -0.39 is 0 Å². The molecular weight excluding hydrogens is 331 g/mol. The van der Waals surface area contributed by atoms with Crippen molar-refractivity contribution in [3.8, 4) is 0 Å². The normalized spacial score (nSPS) is 12.4. The first-order chi connectivity index (χ1) is 9.99. The monoisotopic (exact) mass is 350 g/mol. The highest BCUT2D eigenvalue weighted by Gasteiger charge is 2.12. The smallest absolute Gasteiger partial charge is 0.126 e. The summed E-state index contributed by atoms with van der Waals surface area (Å²) < 4.78 is 14.7. The second-order valence-electron chi connectivity index (χ2n) is 5.43. The van der Waals surface area contributed by atoms with Crippen LogP contribution in [0.3, 0.4) is 0 Å². The summed E-state index contributed by atoms with van der Waals surface area (Å²) >= 11 is 3.37. The van der Waals surface area contributed by atoms with E-state index in [1.165, 1.54) is 22.8 Å². The van der Waals surface area contributed by atoms with Gasteiger partial charge in [0.25, 0.3) is 0 Å². The van der Waals surface area contributed by atoms with Crippen LogP contribution in [0.25, 0.3) is 0 Å². The summed E-state index contributed by atoms with van der Waals surface area (Å²) in [6, 6.07) is 11.4. The zero-order chi connectivity index (χ0) is 15.4. The molecule has 0 spiro atoms. The van der Waals surface area contributed by atoms with Gasteiger partial charge < -0.3 is 0 Å². The summed E-state index contributed by atoms with van der Waals surface area (Å²) in [4.78, 5) is 0. The second kappa shape index (κ2) is 7.16. The van der Waals surface area contributed by atoms with Crippen LogP contribution >= 0.6 is 15.9 Å². The van der Waals surface area contributed by atoms with Crippen molar-refractivity contribution < 1.29 is 4.39 Å². The average Bonchev–Trinajstić information content (AvgIpc) is 2.46. The molecule has 1 unspecified atom stereocenters. The minimum atomic E-state index is -0.196. The Hall–Kier alpha value is -1.23. The second-order valence-corrected chi connectivity index (χ2v) is 6.34. The number of benzene rings is 2. The molecule has 2 rings (SSSR count). The number of nitrogens with one attached hydrogen (secondary N) is 1. The summed E-state index contributed by atoms with van der Waals surface area (Å²) in [7, 11) is 0. The fraction of sp³-hybridized carbons (Fsp3) is 0.294. The first-order valence-corrected chi connectivity index (χ1v) is 7.75. The van der Waals surface area contributed by atoms with Gasteiger partial charge in [-0.05, 0) is 67.1 Å². The van der Waals surface area contributed by atoms with E-state index in [1.807, 2.05) is 0 Å². The molecule has 2 aromatic carbocycles. The van der Waals surface area contributed by atoms with Gasteiger partial charge in [-0.2, -0.15) is 0 Å². The van der Waals surface area contributed by atoms with E-state index in [1.54, 1.807) is 12.1 Å². The molecule has 0 aromatic heterocycles. The maximum Gasteiger partial charge on any atom is 0.126 e. The summed E-state index contributed by atoms with van der Waals surface area (Å²) in [5, 5.41) is 0. The summed E-state index contributed by atoms with van der Waals surface area (Å²) in [6.07, 6.45) is 1.32. The number of rotatable bonds is 5. The molecule has 0 amide bonds. The lowest BCUT2D eigenvalue weighted by atomic mass is 9.97. The van der Waals surface area contributed by atoms with E-state index in [2.05, 4.69) is 53.4 Å². The molecule has 3 N–H and O–H groups in total. The molecule has 0 saturated carbocycles. The molecule has 0 aliphatic carbocycles. The van der Waals surface area contributed by atoms with Crippen molar-refractivity contribution in [1.29, 1.82) is 0 Å². The number of nitrogens with two attached hydrogens (primary N) is 1. The van der Waals surface area contributed by atoms with Crippen molar-refractivity contribution in [2.24, 2.45) is 5.84 Å². The molecule has 112 valence electrons. The van der Waals surface area contributed by atoms with Crippen LogP contribution in [-0.2, 0) is 12.8 Å². The van der Waals surface area contributed by atoms with Crippen molar-refractivity contribution in [2.75, 3.05) is 0 Å². The van der Waals surface area contributed by atoms with E-state index >= 15 is 0 Å². The standard InChI is InChI=1S/C17H20BrFN2/c1-11-3-4-13(7-12(11)2)8-16(21-20)10-14-9-15(18)5-6-17(14)19/h3-7,9,16,21H,8,10,20H2,1-2H3. The highest BCUT2D eigenvalue weighted by Crippen LogP contribution is 2.18. The first-order valence-electron chi connectivity index (χ1n) is 6.95. The molecule has 1 atom stereocenters. The molecular formula is C17H20BrFN2. The Morgan fingerprint density at radius 1 is 1.10 bits per heavy atom. The highest BCUT2D eigenvalue weighted by molar-refractivity contribution is 9.10. The minimum absolute atomic E-state index is 0.00379. The molecule has 2 nitrogen and oxygen atoms in total. The zero-order valence-electron chi connectivity index (χ0n) is 12.3. The maximum absolute atomic E-state index is 13.8. The van der Waals surface area contributed by atoms with Crippen LogP contribution in [0.1, 0.15) is 22.3 Å². The Bertz CT molecular complexity index is 628. The number of hydrogen-bond acceptors (Lipinski definition) is 2. The Morgan fingerprint density at radius 2 is 1.86 bits per heavy atom. The predicted molar refractivity (Wildman–Crippen MR) is 88.5 cm³/mol. The van der Waals surface area contributed by atoms with Gasteiger partial charge in [0.2, 0.25) is 0 Å². The Labute approximate surface area is 133 Å².